The predicted molar refractivity (Wildman–Crippen MR) is 69.7 cm³/mol. The third-order valence-corrected chi connectivity index (χ3v) is 3.78. The molecule has 2 heterocycles. The van der Waals surface area contributed by atoms with Crippen LogP contribution < -0.4 is 5.73 Å². The average Bonchev–Trinajstić information content (AvgIpc) is 2.92. The summed E-state index contributed by atoms with van der Waals surface area (Å²) in [6.45, 7) is 7.38. The summed E-state index contributed by atoms with van der Waals surface area (Å²) in [5.74, 6) is 0. The quantitative estimate of drug-likeness (QED) is 0.847. The molecule has 0 aromatic carbocycles. The maximum Gasteiger partial charge on any atom is 0.0948 e. The standard InChI is InChI=1S/C13H24N4/c1-3-6-16-10-15-9-13(16)12(8-14)17-7-4-5-11(17)2/h9-12H,3-8,14H2,1-2H3. The van der Waals surface area contributed by atoms with Crippen LogP contribution in [0.1, 0.15) is 44.8 Å². The van der Waals surface area contributed by atoms with Crippen LogP contribution in [0, 0.1) is 0 Å². The molecule has 1 saturated heterocycles. The van der Waals surface area contributed by atoms with Crippen LogP contribution in [-0.4, -0.2) is 33.6 Å². The molecule has 4 heteroatoms. The SMILES string of the molecule is CCCn1cncc1C(CN)N1CCCC1C. The zero-order valence-electron chi connectivity index (χ0n) is 11.0. The van der Waals surface area contributed by atoms with Gasteiger partial charge in [-0.3, -0.25) is 4.90 Å². The van der Waals surface area contributed by atoms with Gasteiger partial charge in [-0.15, -0.1) is 0 Å². The molecule has 0 amide bonds. The Morgan fingerprint density at radius 2 is 2.41 bits per heavy atom. The van der Waals surface area contributed by atoms with E-state index in [4.69, 9.17) is 5.73 Å². The molecule has 1 fully saturated rings. The zero-order valence-corrected chi connectivity index (χ0v) is 11.0. The molecule has 2 N–H and O–H groups in total. The van der Waals surface area contributed by atoms with Gasteiger partial charge in [0.25, 0.3) is 0 Å². The second-order valence-corrected chi connectivity index (χ2v) is 4.99. The van der Waals surface area contributed by atoms with Crippen LogP contribution in [0.2, 0.25) is 0 Å². The van der Waals surface area contributed by atoms with Crippen LogP contribution in [0.5, 0.6) is 0 Å². The van der Waals surface area contributed by atoms with E-state index in [1.54, 1.807) is 0 Å². The number of hydrogen-bond acceptors (Lipinski definition) is 3. The molecule has 0 radical (unpaired) electrons. The van der Waals surface area contributed by atoms with Gasteiger partial charge < -0.3 is 10.3 Å². The molecule has 1 aromatic rings. The minimum absolute atomic E-state index is 0.335. The van der Waals surface area contributed by atoms with Gasteiger partial charge in [0, 0.05) is 25.3 Å². The predicted octanol–water partition coefficient (Wildman–Crippen LogP) is 1.78. The number of nitrogens with zero attached hydrogens (tertiary/aromatic N) is 3. The van der Waals surface area contributed by atoms with Crippen molar-refractivity contribution in [3.63, 3.8) is 0 Å². The van der Waals surface area contributed by atoms with Crippen LogP contribution in [0.3, 0.4) is 0 Å². The summed E-state index contributed by atoms with van der Waals surface area (Å²) in [4.78, 5) is 6.82. The lowest BCUT2D eigenvalue weighted by atomic mass is 10.1. The molecule has 1 aromatic heterocycles. The van der Waals surface area contributed by atoms with E-state index >= 15 is 0 Å². The Labute approximate surface area is 104 Å². The molecule has 1 aliphatic rings. The van der Waals surface area contributed by atoms with E-state index in [1.807, 2.05) is 12.5 Å². The Kier molecular flexibility index (Phi) is 4.18. The number of aromatic nitrogens is 2. The summed E-state index contributed by atoms with van der Waals surface area (Å²) in [7, 11) is 0. The van der Waals surface area contributed by atoms with Gasteiger partial charge >= 0.3 is 0 Å². The summed E-state index contributed by atoms with van der Waals surface area (Å²) in [6.07, 6.45) is 7.63. The molecule has 2 rings (SSSR count). The van der Waals surface area contributed by atoms with Crippen molar-refractivity contribution in [2.75, 3.05) is 13.1 Å². The van der Waals surface area contributed by atoms with Crippen molar-refractivity contribution in [2.24, 2.45) is 5.73 Å². The monoisotopic (exact) mass is 236 g/mol. The summed E-state index contributed by atoms with van der Waals surface area (Å²) in [6, 6.07) is 0.982. The highest BCUT2D eigenvalue weighted by Crippen LogP contribution is 2.28. The lowest BCUT2D eigenvalue weighted by Crippen LogP contribution is -2.37. The van der Waals surface area contributed by atoms with E-state index in [2.05, 4.69) is 28.3 Å². The molecule has 2 unspecified atom stereocenters. The fraction of sp³-hybridized carbons (Fsp3) is 0.769. The highest BCUT2D eigenvalue weighted by atomic mass is 15.2. The first-order chi connectivity index (χ1) is 8.27. The molecular formula is C13H24N4. The second-order valence-electron chi connectivity index (χ2n) is 4.99. The summed E-state index contributed by atoms with van der Waals surface area (Å²) < 4.78 is 2.25. The van der Waals surface area contributed by atoms with Gasteiger partial charge in [-0.25, -0.2) is 4.98 Å². The van der Waals surface area contributed by atoms with Crippen molar-refractivity contribution in [3.8, 4) is 0 Å². The van der Waals surface area contributed by atoms with Crippen molar-refractivity contribution in [1.82, 2.24) is 14.5 Å². The molecule has 0 bridgehead atoms. The topological polar surface area (TPSA) is 47.1 Å². The maximum atomic E-state index is 5.99. The van der Waals surface area contributed by atoms with E-state index in [-0.39, 0.29) is 0 Å². The molecule has 0 spiro atoms. The normalized spacial score (nSPS) is 23.1. The van der Waals surface area contributed by atoms with E-state index in [9.17, 15) is 0 Å². The number of rotatable bonds is 5. The minimum Gasteiger partial charge on any atom is -0.333 e. The van der Waals surface area contributed by atoms with Crippen LogP contribution in [0.25, 0.3) is 0 Å². The highest BCUT2D eigenvalue weighted by Gasteiger charge is 2.29. The molecule has 17 heavy (non-hydrogen) atoms. The largest absolute Gasteiger partial charge is 0.333 e. The Balaban J connectivity index is 2.19. The van der Waals surface area contributed by atoms with Crippen molar-refractivity contribution >= 4 is 0 Å². The van der Waals surface area contributed by atoms with E-state index in [0.717, 1.165) is 13.0 Å². The molecule has 2 atom stereocenters. The van der Waals surface area contributed by atoms with Gasteiger partial charge in [-0.2, -0.15) is 0 Å². The number of aryl methyl sites for hydroxylation is 1. The Bertz CT molecular complexity index is 347. The number of nitrogens with two attached hydrogens (primary N) is 1. The molecule has 96 valence electrons. The molecule has 0 saturated carbocycles. The fourth-order valence-corrected chi connectivity index (χ4v) is 2.88. The number of imidazole rings is 1. The Morgan fingerprint density at radius 1 is 1.59 bits per heavy atom. The van der Waals surface area contributed by atoms with E-state index < -0.39 is 0 Å². The van der Waals surface area contributed by atoms with E-state index in [0.29, 0.717) is 18.6 Å². The lowest BCUT2D eigenvalue weighted by Gasteiger charge is -2.31. The van der Waals surface area contributed by atoms with Gasteiger partial charge in [0.1, 0.15) is 0 Å². The zero-order chi connectivity index (χ0) is 12.3. The van der Waals surface area contributed by atoms with E-state index in [1.165, 1.54) is 25.1 Å². The first kappa shape index (κ1) is 12.6. The summed E-state index contributed by atoms with van der Waals surface area (Å²) in [5.41, 5.74) is 7.27. The van der Waals surface area contributed by atoms with Crippen LogP contribution in [-0.2, 0) is 6.54 Å². The lowest BCUT2D eigenvalue weighted by molar-refractivity contribution is 0.188. The maximum absolute atomic E-state index is 5.99. The minimum atomic E-state index is 0.335. The Hall–Kier alpha value is -0.870. The van der Waals surface area contributed by atoms with Crippen LogP contribution >= 0.6 is 0 Å². The van der Waals surface area contributed by atoms with Crippen LogP contribution in [0.4, 0.5) is 0 Å². The van der Waals surface area contributed by atoms with Crippen LogP contribution in [0.15, 0.2) is 12.5 Å². The third-order valence-electron chi connectivity index (χ3n) is 3.78. The average molecular weight is 236 g/mol. The number of likely N-dealkylation sites (tertiary alicyclic amines) is 1. The Morgan fingerprint density at radius 3 is 3.00 bits per heavy atom. The van der Waals surface area contributed by atoms with Crippen molar-refractivity contribution in [1.29, 1.82) is 0 Å². The van der Waals surface area contributed by atoms with Gasteiger partial charge in [0.15, 0.2) is 0 Å². The fourth-order valence-electron chi connectivity index (χ4n) is 2.88. The first-order valence-electron chi connectivity index (χ1n) is 6.73. The summed E-state index contributed by atoms with van der Waals surface area (Å²) >= 11 is 0. The van der Waals surface area contributed by atoms with Gasteiger partial charge in [-0.1, -0.05) is 6.92 Å². The second kappa shape index (κ2) is 5.65. The smallest absolute Gasteiger partial charge is 0.0948 e. The van der Waals surface area contributed by atoms with Gasteiger partial charge in [0.05, 0.1) is 18.1 Å². The van der Waals surface area contributed by atoms with Crippen molar-refractivity contribution in [3.05, 3.63) is 18.2 Å². The van der Waals surface area contributed by atoms with Crippen molar-refractivity contribution < 1.29 is 0 Å². The third kappa shape index (κ3) is 2.53. The van der Waals surface area contributed by atoms with Gasteiger partial charge in [0.2, 0.25) is 0 Å². The highest BCUT2D eigenvalue weighted by molar-refractivity contribution is 5.08. The first-order valence-corrected chi connectivity index (χ1v) is 6.73. The van der Waals surface area contributed by atoms with Gasteiger partial charge in [-0.05, 0) is 32.7 Å². The van der Waals surface area contributed by atoms with Crippen molar-refractivity contribution in [2.45, 2.75) is 51.7 Å². The molecular weight excluding hydrogens is 212 g/mol. The molecule has 4 nitrogen and oxygen atoms in total. The summed E-state index contributed by atoms with van der Waals surface area (Å²) in [5, 5.41) is 0. The molecule has 1 aliphatic heterocycles. The number of hydrogen-bond donors (Lipinski definition) is 1. The molecule has 0 aliphatic carbocycles.